The van der Waals surface area contributed by atoms with Gasteiger partial charge in [-0.05, 0) is 63.2 Å². The number of non-ortho nitro benzene ring substituents is 1. The van der Waals surface area contributed by atoms with E-state index in [1.165, 1.54) is 32.4 Å². The Labute approximate surface area is 260 Å². The van der Waals surface area contributed by atoms with Gasteiger partial charge in [0.2, 0.25) is 0 Å². The second-order valence-corrected chi connectivity index (χ2v) is 11.3. The number of nitrogens with zero attached hydrogens (tertiary/aromatic N) is 2. The van der Waals surface area contributed by atoms with Gasteiger partial charge in [-0.2, -0.15) is 0 Å². The quantitative estimate of drug-likeness (QED) is 0.220. The van der Waals surface area contributed by atoms with Crippen LogP contribution in [-0.4, -0.2) is 66.7 Å². The van der Waals surface area contributed by atoms with Crippen LogP contribution in [0.4, 0.5) is 21.9 Å². The van der Waals surface area contributed by atoms with Crippen molar-refractivity contribution in [2.45, 2.75) is 45.3 Å². The van der Waals surface area contributed by atoms with Gasteiger partial charge in [-0.25, -0.2) is 4.79 Å². The van der Waals surface area contributed by atoms with E-state index in [1.807, 2.05) is 0 Å². The summed E-state index contributed by atoms with van der Waals surface area (Å²) in [5, 5.41) is 16.9. The van der Waals surface area contributed by atoms with Crippen molar-refractivity contribution in [3.63, 3.8) is 0 Å². The minimum atomic E-state index is -0.655. The van der Waals surface area contributed by atoms with Crippen molar-refractivity contribution >= 4 is 35.0 Å². The van der Waals surface area contributed by atoms with Crippen LogP contribution >= 0.6 is 0 Å². The number of hydrogen-bond acceptors (Lipinski definition) is 9. The molecule has 1 heterocycles. The van der Waals surface area contributed by atoms with Crippen LogP contribution in [0, 0.1) is 10.1 Å². The van der Waals surface area contributed by atoms with Gasteiger partial charge in [-0.3, -0.25) is 19.7 Å². The molecule has 4 rings (SSSR count). The molecule has 0 radical (unpaired) electrons. The monoisotopic (exact) mass is 620 g/mol. The number of benzene rings is 3. The van der Waals surface area contributed by atoms with Gasteiger partial charge in [0.1, 0.15) is 29.0 Å². The van der Waals surface area contributed by atoms with E-state index in [-0.39, 0.29) is 34.4 Å². The largest absolute Gasteiger partial charge is 0.497 e. The highest BCUT2D eigenvalue weighted by molar-refractivity contribution is 6.13. The van der Waals surface area contributed by atoms with Crippen LogP contribution in [0.1, 0.15) is 54.3 Å². The summed E-state index contributed by atoms with van der Waals surface area (Å²) in [4.78, 5) is 51.8. The molecule has 0 aliphatic carbocycles. The molecule has 0 saturated carbocycles. The number of nitrogens with one attached hydrogen (secondary N) is 2. The molecule has 0 bridgehead atoms. The topological polar surface area (TPSA) is 159 Å². The fourth-order valence-corrected chi connectivity index (χ4v) is 4.59. The average molecular weight is 621 g/mol. The number of methoxy groups -OCH3 is 2. The fraction of sp³-hybridized carbons (Fsp3) is 0.344. The van der Waals surface area contributed by atoms with Crippen LogP contribution in [0.5, 0.6) is 17.2 Å². The highest BCUT2D eigenvalue weighted by Gasteiger charge is 2.29. The Kier molecular flexibility index (Phi) is 10.1. The molecule has 0 unspecified atom stereocenters. The van der Waals surface area contributed by atoms with Gasteiger partial charge in [-0.15, -0.1) is 0 Å². The first-order valence-electron chi connectivity index (χ1n) is 14.2. The molecule has 0 spiro atoms. The van der Waals surface area contributed by atoms with E-state index in [2.05, 4.69) is 10.6 Å². The summed E-state index contributed by atoms with van der Waals surface area (Å²) in [6.45, 7) is 6.23. The van der Waals surface area contributed by atoms with Crippen LogP contribution < -0.4 is 24.8 Å². The normalized spacial score (nSPS) is 13.4. The molecular formula is C32H36N4O9. The molecule has 1 saturated heterocycles. The minimum Gasteiger partial charge on any atom is -0.497 e. The van der Waals surface area contributed by atoms with Gasteiger partial charge >= 0.3 is 6.09 Å². The lowest BCUT2D eigenvalue weighted by Crippen LogP contribution is -2.44. The van der Waals surface area contributed by atoms with Gasteiger partial charge in [-0.1, -0.05) is 0 Å². The van der Waals surface area contributed by atoms with Crippen molar-refractivity contribution in [3.05, 3.63) is 81.9 Å². The summed E-state index contributed by atoms with van der Waals surface area (Å²) in [6.07, 6.45) is 0.285. The number of anilines is 2. The molecule has 13 nitrogen and oxygen atoms in total. The van der Waals surface area contributed by atoms with Crippen LogP contribution in [0.3, 0.4) is 0 Å². The van der Waals surface area contributed by atoms with E-state index >= 15 is 0 Å². The highest BCUT2D eigenvalue weighted by atomic mass is 16.6. The minimum absolute atomic E-state index is 0.00950. The number of amides is 3. The number of carbonyl (C=O) groups excluding carboxylic acids is 3. The van der Waals surface area contributed by atoms with Crippen LogP contribution in [0.25, 0.3) is 0 Å². The van der Waals surface area contributed by atoms with E-state index in [0.29, 0.717) is 43.1 Å². The molecule has 3 aromatic rings. The Balaban J connectivity index is 1.54. The van der Waals surface area contributed by atoms with E-state index in [1.54, 1.807) is 62.1 Å². The third-order valence-corrected chi connectivity index (χ3v) is 6.88. The molecule has 0 aromatic heterocycles. The van der Waals surface area contributed by atoms with Crippen LogP contribution in [0.2, 0.25) is 0 Å². The Hall–Kier alpha value is -5.33. The SMILES string of the molecule is COc1ccc(NC(=O)c2ccc([N+](=O)[O-])cc2NC(=O)c2ccc(OC)cc2OC2CCN(C(=O)OC(C)(C)C)CC2)cc1. The molecular weight excluding hydrogens is 584 g/mol. The maximum absolute atomic E-state index is 13.6. The molecule has 238 valence electrons. The zero-order valence-corrected chi connectivity index (χ0v) is 25.7. The molecule has 1 aliphatic rings. The molecule has 2 N–H and O–H groups in total. The van der Waals surface area contributed by atoms with Gasteiger partial charge in [0.15, 0.2) is 0 Å². The van der Waals surface area contributed by atoms with E-state index in [0.717, 1.165) is 6.07 Å². The maximum atomic E-state index is 13.6. The zero-order chi connectivity index (χ0) is 32.7. The first-order chi connectivity index (χ1) is 21.4. The zero-order valence-electron chi connectivity index (χ0n) is 25.7. The first kappa shape index (κ1) is 32.6. The van der Waals surface area contributed by atoms with Crippen LogP contribution in [-0.2, 0) is 4.74 Å². The lowest BCUT2D eigenvalue weighted by atomic mass is 10.1. The summed E-state index contributed by atoms with van der Waals surface area (Å²) in [5.74, 6) is 0.0217. The average Bonchev–Trinajstić information content (AvgIpc) is 3.00. The molecule has 3 aromatic carbocycles. The Bertz CT molecular complexity index is 1560. The summed E-state index contributed by atoms with van der Waals surface area (Å²) < 4.78 is 22.2. The van der Waals surface area contributed by atoms with E-state index in [4.69, 9.17) is 18.9 Å². The smallest absolute Gasteiger partial charge is 0.410 e. The highest BCUT2D eigenvalue weighted by Crippen LogP contribution is 2.31. The van der Waals surface area contributed by atoms with Crippen molar-refractivity contribution in [3.8, 4) is 17.2 Å². The van der Waals surface area contributed by atoms with Crippen molar-refractivity contribution in [2.24, 2.45) is 0 Å². The number of hydrogen-bond donors (Lipinski definition) is 2. The third kappa shape index (κ3) is 8.62. The van der Waals surface area contributed by atoms with Crippen molar-refractivity contribution in [1.29, 1.82) is 0 Å². The molecule has 1 fully saturated rings. The lowest BCUT2D eigenvalue weighted by Gasteiger charge is -2.33. The van der Waals surface area contributed by atoms with Crippen molar-refractivity contribution < 1.29 is 38.3 Å². The Morgan fingerprint density at radius 1 is 0.844 bits per heavy atom. The second-order valence-electron chi connectivity index (χ2n) is 11.3. The predicted molar refractivity (Wildman–Crippen MR) is 166 cm³/mol. The van der Waals surface area contributed by atoms with Crippen LogP contribution in [0.15, 0.2) is 60.7 Å². The molecule has 45 heavy (non-hydrogen) atoms. The van der Waals surface area contributed by atoms with E-state index in [9.17, 15) is 24.5 Å². The maximum Gasteiger partial charge on any atom is 0.410 e. The fourth-order valence-electron chi connectivity index (χ4n) is 4.59. The summed E-state index contributed by atoms with van der Waals surface area (Å²) in [7, 11) is 3.00. The second kappa shape index (κ2) is 14.0. The third-order valence-electron chi connectivity index (χ3n) is 6.88. The summed E-state index contributed by atoms with van der Waals surface area (Å²) in [6, 6.07) is 14.9. The summed E-state index contributed by atoms with van der Waals surface area (Å²) in [5.41, 5.74) is -0.390. The number of nitro benzene ring substituents is 1. The molecule has 13 heteroatoms. The predicted octanol–water partition coefficient (Wildman–Crippen LogP) is 5.89. The van der Waals surface area contributed by atoms with Gasteiger partial charge in [0.05, 0.1) is 36.0 Å². The van der Waals surface area contributed by atoms with E-state index < -0.39 is 28.4 Å². The van der Waals surface area contributed by atoms with Gasteiger partial charge in [0, 0.05) is 49.8 Å². The first-order valence-corrected chi connectivity index (χ1v) is 14.2. The number of ether oxygens (including phenoxy) is 4. The van der Waals surface area contributed by atoms with Crippen molar-refractivity contribution in [1.82, 2.24) is 4.90 Å². The number of nitro groups is 1. The Morgan fingerprint density at radius 3 is 2.04 bits per heavy atom. The lowest BCUT2D eigenvalue weighted by molar-refractivity contribution is -0.384. The molecule has 1 aliphatic heterocycles. The number of piperidine rings is 1. The molecule has 0 atom stereocenters. The summed E-state index contributed by atoms with van der Waals surface area (Å²) >= 11 is 0. The van der Waals surface area contributed by atoms with Crippen molar-refractivity contribution in [2.75, 3.05) is 37.9 Å². The number of rotatable bonds is 9. The van der Waals surface area contributed by atoms with Gasteiger partial charge < -0.3 is 34.5 Å². The number of carbonyl (C=O) groups is 3. The molecule has 3 amide bonds. The standard InChI is InChI=1S/C32H36N4O9/c1-32(2,3)45-31(39)35-16-14-23(15-17-35)44-28-19-24(43-5)11-13-26(28)30(38)34-27-18-21(36(40)41)8-12-25(27)29(37)33-20-6-9-22(42-4)10-7-20/h6-13,18-19,23H,14-17H2,1-5H3,(H,33,37)(H,34,38). The number of likely N-dealkylation sites (tertiary alicyclic amines) is 1. The Morgan fingerprint density at radius 2 is 1.44 bits per heavy atom. The van der Waals surface area contributed by atoms with Gasteiger partial charge in [0.25, 0.3) is 17.5 Å².